The molecule has 2 N–H and O–H groups in total. The number of aromatic nitrogens is 3. The van der Waals surface area contributed by atoms with Gasteiger partial charge in [0, 0.05) is 67.0 Å². The molecule has 2 aromatic heterocycles. The number of halogens is 1. The summed E-state index contributed by atoms with van der Waals surface area (Å²) in [5.74, 6) is 0.758. The molecule has 274 valence electrons. The molecule has 6 heterocycles. The molecule has 17 heteroatoms. The first-order chi connectivity index (χ1) is 24.9. The number of hydrogen-bond donors (Lipinski definition) is 2. The zero-order valence-corrected chi connectivity index (χ0v) is 31.2. The van der Waals surface area contributed by atoms with Crippen LogP contribution >= 0.6 is 11.3 Å². The van der Waals surface area contributed by atoms with Crippen molar-refractivity contribution in [3.05, 3.63) is 65.6 Å². The molecular formula is C35H39FN8O5S3. The number of fused-ring (bicyclic) bond motifs is 3. The number of hydrogen-bond acceptors (Lipinski definition) is 12. The third-order valence-corrected chi connectivity index (χ3v) is 15.7. The summed E-state index contributed by atoms with van der Waals surface area (Å²) in [4.78, 5) is 19.7. The largest absolute Gasteiger partial charge is 0.496 e. The Kier molecular flexibility index (Phi) is 8.04. The number of ether oxygens (including phenoxy) is 1. The molecule has 9 rings (SSSR count). The zero-order valence-electron chi connectivity index (χ0n) is 28.7. The van der Waals surface area contributed by atoms with E-state index in [-0.39, 0.29) is 59.4 Å². The Labute approximate surface area is 306 Å². The lowest BCUT2D eigenvalue weighted by atomic mass is 9.67. The summed E-state index contributed by atoms with van der Waals surface area (Å²) in [6, 6.07) is 12.5. The molecular weight excluding hydrogens is 728 g/mol. The average Bonchev–Trinajstić information content (AvgIpc) is 3.78. The number of likely N-dealkylation sites (tertiary alicyclic amines) is 1. The summed E-state index contributed by atoms with van der Waals surface area (Å²) in [6.07, 6.45) is 5.23. The fraction of sp³-hybridized carbons (Fsp3) is 0.457. The first-order valence-electron chi connectivity index (χ1n) is 17.4. The number of nitrogens with zero attached hydrogens (tertiary/aromatic N) is 6. The summed E-state index contributed by atoms with van der Waals surface area (Å²) in [7, 11) is -3.38. The molecule has 4 aromatic rings. The van der Waals surface area contributed by atoms with Gasteiger partial charge in [0.2, 0.25) is 5.95 Å². The van der Waals surface area contributed by atoms with Gasteiger partial charge in [0.1, 0.15) is 5.75 Å². The van der Waals surface area contributed by atoms with Crippen molar-refractivity contribution < 1.29 is 26.0 Å². The summed E-state index contributed by atoms with van der Waals surface area (Å²) in [6.45, 7) is 2.06. The van der Waals surface area contributed by atoms with Crippen molar-refractivity contribution in [1.82, 2.24) is 24.2 Å². The molecule has 3 saturated heterocycles. The molecule has 1 spiro atoms. The monoisotopic (exact) mass is 766 g/mol. The van der Waals surface area contributed by atoms with Gasteiger partial charge in [-0.3, -0.25) is 4.72 Å². The lowest BCUT2D eigenvalue weighted by molar-refractivity contribution is 0.153. The number of sulfone groups is 1. The van der Waals surface area contributed by atoms with Crippen molar-refractivity contribution in [1.29, 1.82) is 0 Å². The Bertz CT molecular complexity index is 2270. The maximum Gasteiger partial charge on any atom is 0.302 e. The number of rotatable bonds is 9. The van der Waals surface area contributed by atoms with Gasteiger partial charge in [-0.05, 0) is 62.6 Å². The van der Waals surface area contributed by atoms with Crippen LogP contribution in [-0.2, 0) is 33.1 Å². The van der Waals surface area contributed by atoms with Crippen LogP contribution in [0.3, 0.4) is 0 Å². The number of methoxy groups -OCH3 is 1. The van der Waals surface area contributed by atoms with Gasteiger partial charge in [0.15, 0.2) is 20.8 Å². The van der Waals surface area contributed by atoms with Crippen LogP contribution in [0.25, 0.3) is 21.8 Å². The predicted molar refractivity (Wildman–Crippen MR) is 198 cm³/mol. The fourth-order valence-electron chi connectivity index (χ4n) is 8.87. The first-order valence-corrected chi connectivity index (χ1v) is 21.5. The highest BCUT2D eigenvalue weighted by atomic mass is 32.2. The van der Waals surface area contributed by atoms with E-state index in [1.54, 1.807) is 37.6 Å². The third-order valence-electron chi connectivity index (χ3n) is 11.1. The molecule has 0 amide bonds. The second-order valence-electron chi connectivity index (χ2n) is 14.9. The Morgan fingerprint density at radius 3 is 2.50 bits per heavy atom. The summed E-state index contributed by atoms with van der Waals surface area (Å²) >= 11 is 1.45. The first kappa shape index (κ1) is 33.9. The van der Waals surface area contributed by atoms with Crippen LogP contribution in [0, 0.1) is 11.2 Å². The highest BCUT2D eigenvalue weighted by Crippen LogP contribution is 2.51. The van der Waals surface area contributed by atoms with Gasteiger partial charge in [-0.2, -0.15) is 12.7 Å². The van der Waals surface area contributed by atoms with E-state index in [1.165, 1.54) is 21.7 Å². The highest BCUT2D eigenvalue weighted by molar-refractivity contribution is 7.92. The highest BCUT2D eigenvalue weighted by Gasteiger charge is 2.56. The van der Waals surface area contributed by atoms with E-state index in [0.717, 1.165) is 55.0 Å². The SMILES string of the molecule is COc1cccc2c1CN(S(=O)(=O)Nc1cccc(-c3nc(N4C5CCC4CN(C)C5)sc3-c3ccnc(NC4CC5(C4)CS(=O)(=O)C5)n3)c1F)C2. The van der Waals surface area contributed by atoms with Crippen LogP contribution < -0.4 is 19.7 Å². The Balaban J connectivity index is 1.03. The molecule has 1 aliphatic carbocycles. The number of anilines is 3. The van der Waals surface area contributed by atoms with E-state index in [0.29, 0.717) is 28.0 Å². The molecule has 1 saturated carbocycles. The lowest BCUT2D eigenvalue weighted by Crippen LogP contribution is -2.60. The van der Waals surface area contributed by atoms with Crippen LogP contribution in [0.1, 0.15) is 36.8 Å². The molecule has 2 aromatic carbocycles. The zero-order chi connectivity index (χ0) is 36.0. The second kappa shape index (κ2) is 12.3. The van der Waals surface area contributed by atoms with Gasteiger partial charge >= 0.3 is 10.2 Å². The van der Waals surface area contributed by atoms with Gasteiger partial charge in [-0.1, -0.05) is 29.5 Å². The molecule has 2 bridgehead atoms. The molecule has 4 fully saturated rings. The van der Waals surface area contributed by atoms with Crippen LogP contribution in [0.5, 0.6) is 5.75 Å². The summed E-state index contributed by atoms with van der Waals surface area (Å²) in [5.41, 5.74) is 2.41. The van der Waals surface area contributed by atoms with Gasteiger partial charge in [-0.15, -0.1) is 0 Å². The van der Waals surface area contributed by atoms with Crippen molar-refractivity contribution in [3.63, 3.8) is 0 Å². The van der Waals surface area contributed by atoms with Crippen LogP contribution in [0.2, 0.25) is 0 Å². The Morgan fingerprint density at radius 2 is 1.77 bits per heavy atom. The molecule has 13 nitrogen and oxygen atoms in total. The average molecular weight is 767 g/mol. The number of likely N-dealkylation sites (N-methyl/N-ethyl adjacent to an activating group) is 1. The van der Waals surface area contributed by atoms with E-state index in [1.807, 2.05) is 12.1 Å². The molecule has 2 atom stereocenters. The maximum atomic E-state index is 16.7. The molecule has 52 heavy (non-hydrogen) atoms. The number of nitrogens with one attached hydrogen (secondary N) is 2. The minimum Gasteiger partial charge on any atom is -0.496 e. The van der Waals surface area contributed by atoms with Crippen molar-refractivity contribution >= 4 is 48.2 Å². The predicted octanol–water partition coefficient (Wildman–Crippen LogP) is 4.36. The number of piperazine rings is 1. The summed E-state index contributed by atoms with van der Waals surface area (Å²) < 4.78 is 76.8. The van der Waals surface area contributed by atoms with E-state index in [4.69, 9.17) is 14.7 Å². The van der Waals surface area contributed by atoms with Gasteiger partial charge in [0.05, 0.1) is 40.6 Å². The summed E-state index contributed by atoms with van der Waals surface area (Å²) in [5, 5.41) is 4.15. The topological polar surface area (TPSA) is 150 Å². The standard InChI is InChI=1S/C35H39FN8O5S3/c1-42-16-23-9-10-24(17-42)44(23)34-40-31(32(50-34)28-11-12-37-33(39-28)38-22-13-35(14-22)19-51(45,46)20-35)25-6-4-7-27(30(25)36)41-52(47,48)43-15-21-5-3-8-29(49-2)26(21)18-43/h3-8,11-12,22-24,41H,9-10,13-20H2,1-2H3,(H,37,38,39). The van der Waals surface area contributed by atoms with Crippen molar-refractivity contribution in [2.45, 2.75) is 56.9 Å². The molecule has 4 aliphatic heterocycles. The number of thiazole rings is 1. The van der Waals surface area contributed by atoms with Gasteiger partial charge in [0.25, 0.3) is 0 Å². The number of benzene rings is 2. The van der Waals surface area contributed by atoms with E-state index in [9.17, 15) is 16.8 Å². The van der Waals surface area contributed by atoms with Crippen LogP contribution in [0.15, 0.2) is 48.7 Å². The van der Waals surface area contributed by atoms with Crippen LogP contribution in [-0.4, -0.2) is 97.9 Å². The fourth-order valence-corrected chi connectivity index (χ4v) is 13.5. The molecule has 5 aliphatic rings. The minimum atomic E-state index is -4.14. The van der Waals surface area contributed by atoms with Crippen molar-refractivity contribution in [2.24, 2.45) is 5.41 Å². The minimum absolute atomic E-state index is 0.0647. The second-order valence-corrected chi connectivity index (χ2v) is 19.6. The van der Waals surface area contributed by atoms with Gasteiger partial charge in [-0.25, -0.2) is 27.8 Å². The smallest absolute Gasteiger partial charge is 0.302 e. The van der Waals surface area contributed by atoms with Gasteiger partial charge < -0.3 is 19.9 Å². The molecule has 2 unspecified atom stereocenters. The lowest BCUT2D eigenvalue weighted by Gasteiger charge is -2.53. The van der Waals surface area contributed by atoms with Crippen LogP contribution in [0.4, 0.5) is 21.2 Å². The normalized spacial score (nSPS) is 23.6. The molecule has 0 radical (unpaired) electrons. The van der Waals surface area contributed by atoms with Crippen molar-refractivity contribution in [2.75, 3.05) is 53.7 Å². The third kappa shape index (κ3) is 5.90. The quantitative estimate of drug-likeness (QED) is 0.250. The Hall–Kier alpha value is -3.90. The van der Waals surface area contributed by atoms with Crippen molar-refractivity contribution in [3.8, 4) is 27.6 Å². The van der Waals surface area contributed by atoms with E-state index >= 15 is 4.39 Å². The Morgan fingerprint density at radius 1 is 1.02 bits per heavy atom. The maximum absolute atomic E-state index is 16.7. The van der Waals surface area contributed by atoms with E-state index in [2.05, 4.69) is 31.9 Å². The van der Waals surface area contributed by atoms with E-state index < -0.39 is 25.9 Å².